The van der Waals surface area contributed by atoms with E-state index in [4.69, 9.17) is 0 Å². The maximum Gasteiger partial charge on any atom is 0.251 e. The van der Waals surface area contributed by atoms with Gasteiger partial charge >= 0.3 is 0 Å². The van der Waals surface area contributed by atoms with Crippen molar-refractivity contribution in [2.24, 2.45) is 0 Å². The lowest BCUT2D eigenvalue weighted by Gasteiger charge is -2.34. The maximum atomic E-state index is 9.59. The molecule has 0 amide bonds. The van der Waals surface area contributed by atoms with Crippen molar-refractivity contribution in [3.63, 3.8) is 0 Å². The zero-order valence-electron chi connectivity index (χ0n) is 12.5. The lowest BCUT2D eigenvalue weighted by Crippen LogP contribution is -2.47. The van der Waals surface area contributed by atoms with Gasteiger partial charge in [0, 0.05) is 20.3 Å². The molecule has 18 heavy (non-hydrogen) atoms. The second kappa shape index (κ2) is 12.6. The fraction of sp³-hybridized carbons (Fsp3) is 0.923. The highest BCUT2D eigenvalue weighted by molar-refractivity contribution is 5.53. The number of carbonyl (C=O) groups excluding carboxylic acids is 1. The van der Waals surface area contributed by atoms with Crippen LogP contribution in [-0.2, 0) is 9.47 Å². The standard InChI is InChI=1S/C8H20N.C5H10O4/c1-5-9(6-2,7-3)8-4;1-8-3-2-4-9-5(6)7/h5-8H2,1-4H3;2-4H2,1H3,(H,6,7)/q+1;/p-1. The minimum Gasteiger partial charge on any atom is -0.550 e. The lowest BCUT2D eigenvalue weighted by molar-refractivity contribution is -0.921. The molecule has 0 bridgehead atoms. The van der Waals surface area contributed by atoms with Crippen LogP contribution in [0.1, 0.15) is 34.1 Å². The number of carbonyl (C=O) groups is 1. The minimum absolute atomic E-state index is 0.149. The molecule has 0 aromatic carbocycles. The molecule has 0 aliphatic rings. The quantitative estimate of drug-likeness (QED) is 0.376. The molecule has 5 heteroatoms. The molecule has 110 valence electrons. The van der Waals surface area contributed by atoms with E-state index in [1.165, 1.54) is 30.7 Å². The van der Waals surface area contributed by atoms with Crippen molar-refractivity contribution in [2.45, 2.75) is 34.1 Å². The van der Waals surface area contributed by atoms with E-state index in [0.717, 1.165) is 0 Å². The van der Waals surface area contributed by atoms with Crippen molar-refractivity contribution in [2.75, 3.05) is 46.5 Å². The molecule has 0 radical (unpaired) electrons. The van der Waals surface area contributed by atoms with Gasteiger partial charge in [0.1, 0.15) is 0 Å². The number of nitrogens with zero attached hydrogens (tertiary/aromatic N) is 1. The Morgan fingerprint density at radius 3 is 1.67 bits per heavy atom. The van der Waals surface area contributed by atoms with Crippen molar-refractivity contribution in [1.82, 2.24) is 0 Å². The van der Waals surface area contributed by atoms with Gasteiger partial charge < -0.3 is 23.9 Å². The van der Waals surface area contributed by atoms with Crippen LogP contribution in [0, 0.1) is 0 Å². The molecule has 0 aromatic rings. The van der Waals surface area contributed by atoms with Crippen LogP contribution in [0.2, 0.25) is 0 Å². The zero-order chi connectivity index (χ0) is 14.4. The molecule has 0 fully saturated rings. The van der Waals surface area contributed by atoms with E-state index in [1.807, 2.05) is 0 Å². The van der Waals surface area contributed by atoms with E-state index >= 15 is 0 Å². The topological polar surface area (TPSA) is 58.6 Å². The number of ether oxygens (including phenoxy) is 2. The molecular weight excluding hydrogens is 234 g/mol. The van der Waals surface area contributed by atoms with Gasteiger partial charge in [-0.05, 0) is 34.1 Å². The third-order valence-corrected chi connectivity index (χ3v) is 3.40. The van der Waals surface area contributed by atoms with Crippen LogP contribution in [0.4, 0.5) is 4.79 Å². The van der Waals surface area contributed by atoms with Gasteiger partial charge in [-0.3, -0.25) is 0 Å². The van der Waals surface area contributed by atoms with E-state index in [2.05, 4.69) is 37.2 Å². The highest BCUT2D eigenvalue weighted by Crippen LogP contribution is 2.03. The van der Waals surface area contributed by atoms with Crippen molar-refractivity contribution < 1.29 is 23.9 Å². The maximum absolute atomic E-state index is 9.59. The summed E-state index contributed by atoms with van der Waals surface area (Å²) >= 11 is 0. The highest BCUT2D eigenvalue weighted by atomic mass is 16.7. The Kier molecular flexibility index (Phi) is 13.7. The van der Waals surface area contributed by atoms with Crippen LogP contribution < -0.4 is 5.11 Å². The van der Waals surface area contributed by atoms with E-state index in [0.29, 0.717) is 13.0 Å². The normalized spacial score (nSPS) is 10.5. The summed E-state index contributed by atoms with van der Waals surface area (Å²) in [6, 6.07) is 0. The number of methoxy groups -OCH3 is 1. The Morgan fingerprint density at radius 1 is 1.00 bits per heavy atom. The van der Waals surface area contributed by atoms with Crippen LogP contribution in [0.5, 0.6) is 0 Å². The Hall–Kier alpha value is -0.810. The van der Waals surface area contributed by atoms with Crippen LogP contribution in [0.3, 0.4) is 0 Å². The first-order chi connectivity index (χ1) is 8.51. The van der Waals surface area contributed by atoms with Crippen molar-refractivity contribution >= 4 is 6.16 Å². The third kappa shape index (κ3) is 10.4. The Morgan fingerprint density at radius 2 is 1.44 bits per heavy atom. The predicted octanol–water partition coefficient (Wildman–Crippen LogP) is 1.27. The molecule has 0 spiro atoms. The van der Waals surface area contributed by atoms with Crippen LogP contribution in [-0.4, -0.2) is 57.1 Å². The van der Waals surface area contributed by atoms with E-state index < -0.39 is 6.16 Å². The Labute approximate surface area is 111 Å². The lowest BCUT2D eigenvalue weighted by atomic mass is 10.3. The summed E-state index contributed by atoms with van der Waals surface area (Å²) in [5, 5.41) is 9.59. The molecule has 0 aromatic heterocycles. The van der Waals surface area contributed by atoms with E-state index in [-0.39, 0.29) is 6.61 Å². The number of quaternary nitrogens is 1. The average molecular weight is 263 g/mol. The van der Waals surface area contributed by atoms with Gasteiger partial charge in [-0.15, -0.1) is 0 Å². The van der Waals surface area contributed by atoms with Crippen molar-refractivity contribution in [3.05, 3.63) is 0 Å². The van der Waals surface area contributed by atoms with Crippen molar-refractivity contribution in [3.8, 4) is 0 Å². The average Bonchev–Trinajstić information content (AvgIpc) is 2.39. The summed E-state index contributed by atoms with van der Waals surface area (Å²) in [4.78, 5) is 9.59. The van der Waals surface area contributed by atoms with Gasteiger partial charge in [-0.2, -0.15) is 0 Å². The number of hydrogen-bond acceptors (Lipinski definition) is 4. The minimum atomic E-state index is -1.48. The summed E-state index contributed by atoms with van der Waals surface area (Å²) in [7, 11) is 1.54. The fourth-order valence-electron chi connectivity index (χ4n) is 1.70. The molecule has 0 atom stereocenters. The van der Waals surface area contributed by atoms with Gasteiger partial charge in [0.2, 0.25) is 0 Å². The molecule has 0 N–H and O–H groups in total. The van der Waals surface area contributed by atoms with Crippen molar-refractivity contribution in [1.29, 1.82) is 0 Å². The SMILES string of the molecule is CC[N+](CC)(CC)CC.COCCCOC(=O)[O-]. The molecule has 0 heterocycles. The molecular formula is C13H29NO4. The predicted molar refractivity (Wildman–Crippen MR) is 70.3 cm³/mol. The summed E-state index contributed by atoms with van der Waals surface area (Å²) in [6.07, 6.45) is -0.907. The molecule has 5 nitrogen and oxygen atoms in total. The van der Waals surface area contributed by atoms with Gasteiger partial charge in [0.15, 0.2) is 0 Å². The molecule has 0 aliphatic heterocycles. The largest absolute Gasteiger partial charge is 0.550 e. The molecule has 0 unspecified atom stereocenters. The summed E-state index contributed by atoms with van der Waals surface area (Å²) in [5.41, 5.74) is 0. The second-order valence-corrected chi connectivity index (χ2v) is 4.05. The first-order valence-electron chi connectivity index (χ1n) is 6.69. The molecule has 0 saturated heterocycles. The van der Waals surface area contributed by atoms with Gasteiger partial charge in [0.05, 0.1) is 26.2 Å². The summed E-state index contributed by atoms with van der Waals surface area (Å²) in [6.45, 7) is 14.9. The summed E-state index contributed by atoms with van der Waals surface area (Å²) in [5.74, 6) is 0. The smallest absolute Gasteiger partial charge is 0.251 e. The van der Waals surface area contributed by atoms with Crippen LogP contribution in [0.25, 0.3) is 0 Å². The molecule has 0 aliphatic carbocycles. The molecule has 0 saturated carbocycles. The number of carboxylic acid groups (broad SMARTS) is 1. The first kappa shape index (κ1) is 19.5. The summed E-state index contributed by atoms with van der Waals surface area (Å²) < 4.78 is 9.98. The third-order valence-electron chi connectivity index (χ3n) is 3.40. The van der Waals surface area contributed by atoms with Gasteiger partial charge in [-0.1, -0.05) is 0 Å². The monoisotopic (exact) mass is 263 g/mol. The van der Waals surface area contributed by atoms with E-state index in [1.54, 1.807) is 7.11 Å². The van der Waals surface area contributed by atoms with Crippen LogP contribution >= 0.6 is 0 Å². The number of hydrogen-bond donors (Lipinski definition) is 0. The van der Waals surface area contributed by atoms with Gasteiger partial charge in [-0.25, -0.2) is 0 Å². The fourth-order valence-corrected chi connectivity index (χ4v) is 1.70. The van der Waals surface area contributed by atoms with Gasteiger partial charge in [0.25, 0.3) is 6.16 Å². The Bertz CT molecular complexity index is 176. The van der Waals surface area contributed by atoms with Crippen LogP contribution in [0.15, 0.2) is 0 Å². The first-order valence-corrected chi connectivity index (χ1v) is 6.69. The van der Waals surface area contributed by atoms with E-state index in [9.17, 15) is 9.90 Å². The zero-order valence-corrected chi connectivity index (χ0v) is 12.5. The highest BCUT2D eigenvalue weighted by Gasteiger charge is 2.16. The number of rotatable bonds is 8. The second-order valence-electron chi connectivity index (χ2n) is 4.05. The molecule has 0 rings (SSSR count). The Balaban J connectivity index is 0.